The van der Waals surface area contributed by atoms with Gasteiger partial charge in [0.1, 0.15) is 0 Å². The van der Waals surface area contributed by atoms with Gasteiger partial charge >= 0.3 is 6.03 Å². The third kappa shape index (κ3) is 6.26. The Morgan fingerprint density at radius 2 is 1.78 bits per heavy atom. The lowest BCUT2D eigenvalue weighted by Gasteiger charge is -2.37. The first kappa shape index (κ1) is 21.8. The summed E-state index contributed by atoms with van der Waals surface area (Å²) in [7, 11) is 1.97. The number of morpholine rings is 1. The van der Waals surface area contributed by atoms with Gasteiger partial charge in [-0.1, -0.05) is 24.3 Å². The lowest BCUT2D eigenvalue weighted by Crippen LogP contribution is -2.47. The molecule has 2 aliphatic rings. The van der Waals surface area contributed by atoms with Crippen molar-refractivity contribution in [1.82, 2.24) is 20.4 Å². The van der Waals surface area contributed by atoms with Crippen LogP contribution in [0.15, 0.2) is 35.2 Å². The van der Waals surface area contributed by atoms with E-state index in [2.05, 4.69) is 22.1 Å². The summed E-state index contributed by atoms with van der Waals surface area (Å²) in [6, 6.07) is 0.406. The molecule has 0 aromatic carbocycles. The molecule has 0 radical (unpaired) electrons. The number of nitrogens with one attached hydrogen (secondary N) is 2. The molecule has 2 saturated heterocycles. The van der Waals surface area contributed by atoms with E-state index in [4.69, 9.17) is 16.3 Å². The second-order valence-electron chi connectivity index (χ2n) is 7.33. The molecule has 0 aromatic rings. The molecule has 0 saturated carbocycles. The van der Waals surface area contributed by atoms with Crippen LogP contribution in [0.5, 0.6) is 0 Å². The number of halogens is 1. The number of carbonyl (C=O) groups excluding carboxylic acids is 1. The molecule has 2 unspecified atom stereocenters. The fourth-order valence-electron chi connectivity index (χ4n) is 3.53. The minimum Gasteiger partial charge on any atom is -0.372 e. The molecule has 152 valence electrons. The van der Waals surface area contributed by atoms with Gasteiger partial charge in [0.05, 0.1) is 17.2 Å². The van der Waals surface area contributed by atoms with Crippen molar-refractivity contribution in [2.45, 2.75) is 51.9 Å². The Balaban J connectivity index is 1.94. The van der Waals surface area contributed by atoms with Crippen molar-refractivity contribution in [3.05, 3.63) is 35.2 Å². The van der Waals surface area contributed by atoms with Gasteiger partial charge in [0.2, 0.25) is 0 Å². The number of hydrogen-bond donors (Lipinski definition) is 2. The first-order valence-electron chi connectivity index (χ1n) is 9.70. The summed E-state index contributed by atoms with van der Waals surface area (Å²) in [5.41, 5.74) is 1.43. The standard InChI is InChI=1S/C20H33ClN4O2/c1-6-17(23-20(26)24-9-7-18(22-5)8-10-24)11-19(21)16(4)25-12-14(2)27-15(3)13-25/h6,11,14-15,18,22H,4,7-10,12-13H2,1-3,5H3,(H,23,26)/b17-6+,19-11+. The van der Waals surface area contributed by atoms with Gasteiger partial charge in [0, 0.05) is 43.6 Å². The molecule has 0 bridgehead atoms. The molecule has 6 nitrogen and oxygen atoms in total. The average molecular weight is 397 g/mol. The van der Waals surface area contributed by atoms with E-state index in [1.165, 1.54) is 0 Å². The van der Waals surface area contributed by atoms with Gasteiger partial charge in [0.15, 0.2) is 0 Å². The molecule has 2 heterocycles. The lowest BCUT2D eigenvalue weighted by atomic mass is 10.1. The van der Waals surface area contributed by atoms with Crippen molar-refractivity contribution in [2.75, 3.05) is 33.2 Å². The smallest absolute Gasteiger partial charge is 0.321 e. The number of rotatable bonds is 5. The Kier molecular flexibility index (Phi) is 8.20. The highest BCUT2D eigenvalue weighted by atomic mass is 35.5. The summed E-state index contributed by atoms with van der Waals surface area (Å²) in [4.78, 5) is 16.5. The molecule has 2 fully saturated rings. The number of piperidine rings is 1. The van der Waals surface area contributed by atoms with Gasteiger partial charge < -0.3 is 25.2 Å². The molecule has 2 aliphatic heterocycles. The molecule has 27 heavy (non-hydrogen) atoms. The van der Waals surface area contributed by atoms with Crippen molar-refractivity contribution >= 4 is 17.6 Å². The largest absolute Gasteiger partial charge is 0.372 e. The van der Waals surface area contributed by atoms with Crippen molar-refractivity contribution in [2.24, 2.45) is 0 Å². The van der Waals surface area contributed by atoms with E-state index < -0.39 is 0 Å². The molecule has 2 amide bonds. The van der Waals surface area contributed by atoms with Crippen LogP contribution in [0.1, 0.15) is 33.6 Å². The molecule has 7 heteroatoms. The van der Waals surface area contributed by atoms with Gasteiger partial charge in [-0.15, -0.1) is 0 Å². The summed E-state index contributed by atoms with van der Waals surface area (Å²) in [6.07, 6.45) is 5.82. The zero-order valence-electron chi connectivity index (χ0n) is 16.9. The number of nitrogens with zero attached hydrogens (tertiary/aromatic N) is 2. The van der Waals surface area contributed by atoms with E-state index >= 15 is 0 Å². The van der Waals surface area contributed by atoms with Crippen LogP contribution in [0.2, 0.25) is 0 Å². The zero-order chi connectivity index (χ0) is 20.0. The number of allylic oxidation sites excluding steroid dienone is 3. The van der Waals surface area contributed by atoms with Crippen LogP contribution >= 0.6 is 11.6 Å². The number of hydrogen-bond acceptors (Lipinski definition) is 4. The van der Waals surface area contributed by atoms with Crippen LogP contribution in [0.4, 0.5) is 4.79 Å². The molecule has 2 rings (SSSR count). The van der Waals surface area contributed by atoms with Crippen LogP contribution in [0.25, 0.3) is 0 Å². The first-order valence-corrected chi connectivity index (χ1v) is 10.1. The molecule has 0 spiro atoms. The van der Waals surface area contributed by atoms with Crippen LogP contribution in [0.3, 0.4) is 0 Å². The molecular formula is C20H33ClN4O2. The van der Waals surface area contributed by atoms with Gasteiger partial charge in [0.25, 0.3) is 0 Å². The van der Waals surface area contributed by atoms with Crippen LogP contribution < -0.4 is 10.6 Å². The number of urea groups is 1. The first-order chi connectivity index (χ1) is 12.8. The maximum absolute atomic E-state index is 12.5. The second-order valence-corrected chi connectivity index (χ2v) is 7.73. The summed E-state index contributed by atoms with van der Waals surface area (Å²) in [6.45, 7) is 13.1. The lowest BCUT2D eigenvalue weighted by molar-refractivity contribution is -0.0567. The minimum atomic E-state index is -0.0856. The summed E-state index contributed by atoms with van der Waals surface area (Å²) in [5, 5.41) is 6.76. The number of amides is 2. The second kappa shape index (κ2) is 10.2. The SMILES string of the molecule is C=C(/C(Cl)=C\C(=C/C)NC(=O)N1CCC(NC)CC1)N1CC(C)OC(C)C1. The maximum atomic E-state index is 12.5. The zero-order valence-corrected chi connectivity index (χ0v) is 17.7. The fourth-order valence-corrected chi connectivity index (χ4v) is 3.77. The van der Waals surface area contributed by atoms with E-state index in [1.807, 2.05) is 38.8 Å². The van der Waals surface area contributed by atoms with Crippen LogP contribution in [0, 0.1) is 0 Å². The van der Waals surface area contributed by atoms with Crippen LogP contribution in [-0.4, -0.2) is 67.3 Å². The van der Waals surface area contributed by atoms with Crippen LogP contribution in [-0.2, 0) is 4.74 Å². The topological polar surface area (TPSA) is 56.8 Å². The predicted molar refractivity (Wildman–Crippen MR) is 111 cm³/mol. The molecule has 0 aliphatic carbocycles. The van der Waals surface area contributed by atoms with Crippen molar-refractivity contribution in [3.63, 3.8) is 0 Å². The van der Waals surface area contributed by atoms with Crippen molar-refractivity contribution in [1.29, 1.82) is 0 Å². The van der Waals surface area contributed by atoms with E-state index in [0.717, 1.165) is 44.7 Å². The highest BCUT2D eigenvalue weighted by molar-refractivity contribution is 6.32. The minimum absolute atomic E-state index is 0.0856. The van der Waals surface area contributed by atoms with Gasteiger partial charge in [-0.25, -0.2) is 4.79 Å². The van der Waals surface area contributed by atoms with Crippen molar-refractivity contribution < 1.29 is 9.53 Å². The predicted octanol–water partition coefficient (Wildman–Crippen LogP) is 3.03. The maximum Gasteiger partial charge on any atom is 0.321 e. The molecule has 0 aromatic heterocycles. The highest BCUT2D eigenvalue weighted by Crippen LogP contribution is 2.23. The number of likely N-dealkylation sites (tertiary alicyclic amines) is 1. The molecular weight excluding hydrogens is 364 g/mol. The Hall–Kier alpha value is -1.50. The Morgan fingerprint density at radius 3 is 2.30 bits per heavy atom. The third-order valence-electron chi connectivity index (χ3n) is 5.11. The Labute approximate surface area is 168 Å². The molecule has 2 atom stereocenters. The summed E-state index contributed by atoms with van der Waals surface area (Å²) in [5.74, 6) is 0. The van der Waals surface area contributed by atoms with E-state index in [0.29, 0.717) is 16.8 Å². The third-order valence-corrected chi connectivity index (χ3v) is 5.44. The van der Waals surface area contributed by atoms with E-state index in [9.17, 15) is 4.79 Å². The van der Waals surface area contributed by atoms with Gasteiger partial charge in [-0.05, 0) is 46.7 Å². The van der Waals surface area contributed by atoms with Gasteiger partial charge in [-0.2, -0.15) is 0 Å². The fraction of sp³-hybridized carbons (Fsp3) is 0.650. The Bertz CT molecular complexity index is 587. The van der Waals surface area contributed by atoms with E-state index in [-0.39, 0.29) is 18.2 Å². The highest BCUT2D eigenvalue weighted by Gasteiger charge is 2.25. The Morgan fingerprint density at radius 1 is 1.19 bits per heavy atom. The molecule has 2 N–H and O–H groups in total. The average Bonchev–Trinajstić information content (AvgIpc) is 2.65. The quantitative estimate of drug-likeness (QED) is 0.701. The number of ether oxygens (including phenoxy) is 1. The monoisotopic (exact) mass is 396 g/mol. The van der Waals surface area contributed by atoms with Gasteiger partial charge in [-0.3, -0.25) is 0 Å². The number of carbonyl (C=O) groups is 1. The normalized spacial score (nSPS) is 25.5. The summed E-state index contributed by atoms with van der Waals surface area (Å²) >= 11 is 6.51. The van der Waals surface area contributed by atoms with E-state index in [1.54, 1.807) is 6.08 Å². The van der Waals surface area contributed by atoms with Crippen molar-refractivity contribution in [3.8, 4) is 0 Å². The summed E-state index contributed by atoms with van der Waals surface area (Å²) < 4.78 is 5.76.